The number of carbonyl (C=O) groups is 1. The molecule has 0 unspecified atom stereocenters. The molecule has 1 saturated heterocycles. The van der Waals surface area contributed by atoms with E-state index >= 15 is 0 Å². The van der Waals surface area contributed by atoms with Gasteiger partial charge in [0.2, 0.25) is 5.78 Å². The van der Waals surface area contributed by atoms with Crippen LogP contribution in [0.4, 0.5) is 5.82 Å². The highest BCUT2D eigenvalue weighted by Gasteiger charge is 2.22. The molecule has 9 heteroatoms. The van der Waals surface area contributed by atoms with Crippen LogP contribution in [0.2, 0.25) is 0 Å². The van der Waals surface area contributed by atoms with Crippen LogP contribution in [0.15, 0.2) is 24.2 Å². The number of aromatic nitrogens is 5. The number of rotatable bonds is 5. The minimum Gasteiger partial charge on any atom is -0.352 e. The molecule has 1 fully saturated rings. The summed E-state index contributed by atoms with van der Waals surface area (Å²) in [6, 6.07) is 0. The molecule has 3 aromatic rings. The lowest BCUT2D eigenvalue weighted by Gasteiger charge is -2.34. The van der Waals surface area contributed by atoms with Crippen LogP contribution in [0, 0.1) is 12.3 Å². The number of fused-ring (bicyclic) bond motifs is 1. The van der Waals surface area contributed by atoms with Crippen molar-refractivity contribution >= 4 is 34.1 Å². The Kier molecular flexibility index (Phi) is 4.60. The van der Waals surface area contributed by atoms with E-state index in [0.717, 1.165) is 32.0 Å². The van der Waals surface area contributed by atoms with Crippen molar-refractivity contribution in [1.29, 1.82) is 0 Å². The number of ketones is 1. The number of anilines is 1. The number of piperazine rings is 1. The van der Waals surface area contributed by atoms with E-state index < -0.39 is 0 Å². The van der Waals surface area contributed by atoms with Gasteiger partial charge in [-0.1, -0.05) is 5.92 Å². The third-order valence-electron chi connectivity index (χ3n) is 4.35. The van der Waals surface area contributed by atoms with Crippen LogP contribution in [-0.4, -0.2) is 67.9 Å². The van der Waals surface area contributed by atoms with Crippen molar-refractivity contribution in [3.63, 3.8) is 0 Å². The third-order valence-corrected chi connectivity index (χ3v) is 5.17. The number of imidazole rings is 1. The predicted octanol–water partition coefficient (Wildman–Crippen LogP) is 0.921. The van der Waals surface area contributed by atoms with Crippen LogP contribution < -0.4 is 4.90 Å². The Morgan fingerprint density at radius 2 is 2.04 bits per heavy atom. The number of thiazole rings is 1. The van der Waals surface area contributed by atoms with Crippen molar-refractivity contribution < 1.29 is 4.79 Å². The molecule has 0 spiro atoms. The van der Waals surface area contributed by atoms with Crippen LogP contribution in [0.25, 0.3) is 11.2 Å². The summed E-state index contributed by atoms with van der Waals surface area (Å²) in [5.41, 5.74) is 1.37. The first-order chi connectivity index (χ1) is 12.8. The molecule has 0 amide bonds. The number of hydrogen-bond acceptors (Lipinski definition) is 8. The second-order valence-electron chi connectivity index (χ2n) is 5.97. The Morgan fingerprint density at radius 1 is 1.19 bits per heavy atom. The van der Waals surface area contributed by atoms with Crippen molar-refractivity contribution in [2.24, 2.45) is 0 Å². The van der Waals surface area contributed by atoms with E-state index in [-0.39, 0.29) is 12.3 Å². The summed E-state index contributed by atoms with van der Waals surface area (Å²) in [5, 5.41) is 2.28. The first kappa shape index (κ1) is 16.6. The molecule has 3 aromatic heterocycles. The molecule has 0 atom stereocenters. The molecule has 0 radical (unpaired) electrons. The molecule has 0 aliphatic carbocycles. The molecule has 26 heavy (non-hydrogen) atoms. The molecule has 0 bridgehead atoms. The molecule has 132 valence electrons. The van der Waals surface area contributed by atoms with Gasteiger partial charge in [0, 0.05) is 37.8 Å². The smallest absolute Gasteiger partial charge is 0.211 e. The van der Waals surface area contributed by atoms with Crippen molar-refractivity contribution in [3.8, 4) is 12.3 Å². The van der Waals surface area contributed by atoms with Crippen molar-refractivity contribution in [1.82, 2.24) is 29.4 Å². The average molecular weight is 367 g/mol. The van der Waals surface area contributed by atoms with Gasteiger partial charge in [0.25, 0.3) is 0 Å². The molecule has 4 rings (SSSR count). The fraction of sp³-hybridized carbons (Fsp3) is 0.353. The second kappa shape index (κ2) is 7.19. The fourth-order valence-corrected chi connectivity index (χ4v) is 3.61. The van der Waals surface area contributed by atoms with Crippen LogP contribution in [-0.2, 0) is 6.54 Å². The highest BCUT2D eigenvalue weighted by molar-refractivity contribution is 7.11. The van der Waals surface area contributed by atoms with E-state index in [1.807, 2.05) is 0 Å². The predicted molar refractivity (Wildman–Crippen MR) is 99.3 cm³/mol. The van der Waals surface area contributed by atoms with Gasteiger partial charge in [0.05, 0.1) is 19.4 Å². The van der Waals surface area contributed by atoms with Crippen LogP contribution >= 0.6 is 11.3 Å². The number of carbonyl (C=O) groups excluding carboxylic acids is 1. The maximum atomic E-state index is 12.3. The van der Waals surface area contributed by atoms with Gasteiger partial charge in [-0.15, -0.1) is 17.8 Å². The van der Waals surface area contributed by atoms with Gasteiger partial charge in [0.1, 0.15) is 6.33 Å². The maximum absolute atomic E-state index is 12.3. The van der Waals surface area contributed by atoms with Gasteiger partial charge >= 0.3 is 0 Å². The molecule has 0 saturated carbocycles. The Balaban J connectivity index is 1.56. The van der Waals surface area contributed by atoms with E-state index in [4.69, 9.17) is 6.42 Å². The Bertz CT molecular complexity index is 951. The van der Waals surface area contributed by atoms with Gasteiger partial charge < -0.3 is 9.47 Å². The van der Waals surface area contributed by atoms with E-state index in [1.165, 1.54) is 17.7 Å². The minimum absolute atomic E-state index is 0.0534. The summed E-state index contributed by atoms with van der Waals surface area (Å²) in [4.78, 5) is 34.0. The standard InChI is InChI=1S/C17H17N7OS/c1-2-4-22-5-7-23(8-6-22)15-14-16(20-11-19-15)24(12-21-14)10-13(25)17-18-3-9-26-17/h1,3,9,11-12H,4-8,10H2. The van der Waals surface area contributed by atoms with Gasteiger partial charge in [-0.25, -0.2) is 19.9 Å². The number of nitrogens with zero attached hydrogens (tertiary/aromatic N) is 7. The molecule has 4 heterocycles. The zero-order chi connectivity index (χ0) is 17.9. The fourth-order valence-electron chi connectivity index (χ4n) is 3.05. The van der Waals surface area contributed by atoms with Gasteiger partial charge in [-0.3, -0.25) is 9.69 Å². The van der Waals surface area contributed by atoms with E-state index in [1.54, 1.807) is 22.5 Å². The van der Waals surface area contributed by atoms with E-state index in [9.17, 15) is 4.79 Å². The second-order valence-corrected chi connectivity index (χ2v) is 6.86. The minimum atomic E-state index is -0.0534. The largest absolute Gasteiger partial charge is 0.352 e. The SMILES string of the molecule is C#CCN1CCN(c2ncnc3c2ncn3CC(=O)c2nccs2)CC1. The van der Waals surface area contributed by atoms with Crippen molar-refractivity contribution in [3.05, 3.63) is 29.2 Å². The number of Topliss-reactive ketones (excluding diaryl/α,β-unsaturated/α-hetero) is 1. The molecule has 1 aliphatic rings. The van der Waals surface area contributed by atoms with Gasteiger partial charge in [0.15, 0.2) is 22.0 Å². The molecule has 0 N–H and O–H groups in total. The maximum Gasteiger partial charge on any atom is 0.211 e. The summed E-state index contributed by atoms with van der Waals surface area (Å²) in [6.45, 7) is 4.27. The normalized spacial score (nSPS) is 15.3. The summed E-state index contributed by atoms with van der Waals surface area (Å²) < 4.78 is 1.75. The van der Waals surface area contributed by atoms with Gasteiger partial charge in [-0.2, -0.15) is 0 Å². The topological polar surface area (TPSA) is 80.0 Å². The third kappa shape index (κ3) is 3.16. The van der Waals surface area contributed by atoms with Crippen molar-refractivity contribution in [2.75, 3.05) is 37.6 Å². The average Bonchev–Trinajstić information content (AvgIpc) is 3.33. The van der Waals surface area contributed by atoms with Crippen LogP contribution in [0.3, 0.4) is 0 Å². The summed E-state index contributed by atoms with van der Waals surface area (Å²) >= 11 is 1.33. The lowest BCUT2D eigenvalue weighted by Crippen LogP contribution is -2.46. The lowest BCUT2D eigenvalue weighted by molar-refractivity contribution is 0.0973. The molecular weight excluding hydrogens is 350 g/mol. The van der Waals surface area contributed by atoms with Crippen LogP contribution in [0.5, 0.6) is 0 Å². The molecule has 1 aliphatic heterocycles. The summed E-state index contributed by atoms with van der Waals surface area (Å²) in [5.74, 6) is 3.43. The Morgan fingerprint density at radius 3 is 2.77 bits per heavy atom. The highest BCUT2D eigenvalue weighted by atomic mass is 32.1. The first-order valence-electron chi connectivity index (χ1n) is 8.25. The van der Waals surface area contributed by atoms with E-state index in [2.05, 4.69) is 35.7 Å². The summed E-state index contributed by atoms with van der Waals surface area (Å²) in [7, 11) is 0. The monoisotopic (exact) mass is 367 g/mol. The van der Waals surface area contributed by atoms with Crippen LogP contribution in [0.1, 0.15) is 9.80 Å². The zero-order valence-corrected chi connectivity index (χ0v) is 14.9. The first-order valence-corrected chi connectivity index (χ1v) is 9.13. The Hall–Kier alpha value is -2.83. The number of terminal acetylenes is 1. The Labute approximate surface area is 154 Å². The van der Waals surface area contributed by atoms with Crippen molar-refractivity contribution in [2.45, 2.75) is 6.54 Å². The van der Waals surface area contributed by atoms with Gasteiger partial charge in [-0.05, 0) is 0 Å². The number of hydrogen-bond donors (Lipinski definition) is 0. The zero-order valence-electron chi connectivity index (χ0n) is 14.1. The molecule has 8 nitrogen and oxygen atoms in total. The molecular formula is C17H17N7OS. The van der Waals surface area contributed by atoms with E-state index in [0.29, 0.717) is 22.7 Å². The molecule has 0 aromatic carbocycles. The quantitative estimate of drug-likeness (QED) is 0.490. The highest BCUT2D eigenvalue weighted by Crippen LogP contribution is 2.23. The summed E-state index contributed by atoms with van der Waals surface area (Å²) in [6.07, 6.45) is 10.2. The lowest BCUT2D eigenvalue weighted by atomic mass is 10.3.